The zero-order valence-corrected chi connectivity index (χ0v) is 9.49. The second-order valence-electron chi connectivity index (χ2n) is 3.60. The Labute approximate surface area is 92.7 Å². The summed E-state index contributed by atoms with van der Waals surface area (Å²) in [5.41, 5.74) is 0. The first-order chi connectivity index (χ1) is 7.30. The average molecular weight is 251 g/mol. The van der Waals surface area contributed by atoms with Crippen LogP contribution in [0.25, 0.3) is 0 Å². The van der Waals surface area contributed by atoms with E-state index in [-0.39, 0.29) is 11.5 Å². The Morgan fingerprint density at radius 2 is 2.06 bits per heavy atom. The van der Waals surface area contributed by atoms with Gasteiger partial charge >= 0.3 is 5.97 Å². The Morgan fingerprint density at radius 1 is 1.44 bits per heavy atom. The van der Waals surface area contributed by atoms with E-state index in [4.69, 9.17) is 0 Å². The minimum atomic E-state index is -3.29. The van der Waals surface area contributed by atoms with E-state index in [9.17, 15) is 23.1 Å². The number of rotatable bonds is 3. The topological polar surface area (TPSA) is 110 Å². The van der Waals surface area contributed by atoms with Crippen molar-refractivity contribution in [3.63, 3.8) is 0 Å². The lowest BCUT2D eigenvalue weighted by Crippen LogP contribution is -2.44. The molecular weight excluding hydrogens is 238 g/mol. The van der Waals surface area contributed by atoms with E-state index in [1.165, 1.54) is 0 Å². The standard InChI is InChI=1S/C8H13NO6S/c1-5(10)15-2-8(12)9-6-3-16(13,14)4-7(6)11/h6-7,11H,2-4H2,1H3,(H,9,12)/t6-,7-/m0/s1. The monoisotopic (exact) mass is 251 g/mol. The molecule has 1 aliphatic rings. The first-order valence-electron chi connectivity index (χ1n) is 4.61. The fraction of sp³-hybridized carbons (Fsp3) is 0.750. The van der Waals surface area contributed by atoms with Crippen molar-refractivity contribution in [1.82, 2.24) is 5.32 Å². The van der Waals surface area contributed by atoms with Crippen molar-refractivity contribution in [3.05, 3.63) is 0 Å². The van der Waals surface area contributed by atoms with E-state index in [0.717, 1.165) is 6.92 Å². The predicted molar refractivity (Wildman–Crippen MR) is 53.2 cm³/mol. The quantitative estimate of drug-likeness (QED) is 0.552. The minimum Gasteiger partial charge on any atom is -0.456 e. The first-order valence-corrected chi connectivity index (χ1v) is 6.43. The molecule has 1 rings (SSSR count). The molecule has 2 atom stereocenters. The molecule has 1 saturated heterocycles. The molecule has 8 heteroatoms. The first kappa shape index (κ1) is 12.9. The van der Waals surface area contributed by atoms with E-state index < -0.39 is 40.5 Å². The van der Waals surface area contributed by atoms with Crippen molar-refractivity contribution < 1.29 is 27.9 Å². The highest BCUT2D eigenvalue weighted by Crippen LogP contribution is 2.12. The molecule has 0 unspecified atom stereocenters. The van der Waals surface area contributed by atoms with Gasteiger partial charge in [0.15, 0.2) is 16.4 Å². The zero-order valence-electron chi connectivity index (χ0n) is 8.67. The van der Waals surface area contributed by atoms with Crippen molar-refractivity contribution in [2.24, 2.45) is 0 Å². The van der Waals surface area contributed by atoms with Gasteiger partial charge in [-0.05, 0) is 0 Å². The maximum Gasteiger partial charge on any atom is 0.303 e. The number of sulfone groups is 1. The molecular formula is C8H13NO6S. The Hall–Kier alpha value is -1.15. The van der Waals surface area contributed by atoms with E-state index in [2.05, 4.69) is 10.1 Å². The van der Waals surface area contributed by atoms with E-state index in [0.29, 0.717) is 0 Å². The molecule has 0 aliphatic carbocycles. The number of ether oxygens (including phenoxy) is 1. The van der Waals surface area contributed by atoms with Gasteiger partial charge in [0.1, 0.15) is 0 Å². The molecule has 1 heterocycles. The minimum absolute atomic E-state index is 0.292. The van der Waals surface area contributed by atoms with Gasteiger partial charge in [0.2, 0.25) is 0 Å². The van der Waals surface area contributed by atoms with Gasteiger partial charge < -0.3 is 15.2 Å². The molecule has 0 spiro atoms. The van der Waals surface area contributed by atoms with Gasteiger partial charge in [0, 0.05) is 6.92 Å². The molecule has 1 aliphatic heterocycles. The number of carbonyl (C=O) groups is 2. The van der Waals surface area contributed by atoms with Crippen LogP contribution in [0.2, 0.25) is 0 Å². The summed E-state index contributed by atoms with van der Waals surface area (Å²) in [6.45, 7) is 0.681. The van der Waals surface area contributed by atoms with Crippen LogP contribution in [-0.4, -0.2) is 55.7 Å². The van der Waals surface area contributed by atoms with Crippen molar-refractivity contribution in [1.29, 1.82) is 0 Å². The maximum atomic E-state index is 11.2. The number of carbonyl (C=O) groups excluding carboxylic acids is 2. The molecule has 0 bridgehead atoms. The Balaban J connectivity index is 2.43. The normalized spacial score (nSPS) is 27.4. The van der Waals surface area contributed by atoms with Crippen LogP contribution in [0.1, 0.15) is 6.92 Å². The lowest BCUT2D eigenvalue weighted by Gasteiger charge is -2.14. The molecule has 2 N–H and O–H groups in total. The summed E-state index contributed by atoms with van der Waals surface area (Å²) in [4.78, 5) is 21.6. The van der Waals surface area contributed by atoms with Crippen LogP contribution in [0.3, 0.4) is 0 Å². The van der Waals surface area contributed by atoms with E-state index >= 15 is 0 Å². The SMILES string of the molecule is CC(=O)OCC(=O)N[C@H]1CS(=O)(=O)C[C@@H]1O. The van der Waals surface area contributed by atoms with Crippen LogP contribution in [0, 0.1) is 0 Å². The smallest absolute Gasteiger partial charge is 0.303 e. The molecule has 0 aromatic heterocycles. The molecule has 1 amide bonds. The van der Waals surface area contributed by atoms with Crippen molar-refractivity contribution in [2.75, 3.05) is 18.1 Å². The van der Waals surface area contributed by atoms with Gasteiger partial charge in [-0.1, -0.05) is 0 Å². The van der Waals surface area contributed by atoms with Crippen molar-refractivity contribution >= 4 is 21.7 Å². The largest absolute Gasteiger partial charge is 0.456 e. The van der Waals surface area contributed by atoms with Crippen LogP contribution in [-0.2, 0) is 24.2 Å². The highest BCUT2D eigenvalue weighted by atomic mass is 32.2. The third-order valence-corrected chi connectivity index (χ3v) is 3.79. The molecule has 7 nitrogen and oxygen atoms in total. The fourth-order valence-corrected chi connectivity index (χ4v) is 3.12. The van der Waals surface area contributed by atoms with Crippen LogP contribution >= 0.6 is 0 Å². The lowest BCUT2D eigenvalue weighted by molar-refractivity contribution is -0.146. The number of aliphatic hydroxyl groups is 1. The number of amides is 1. The van der Waals surface area contributed by atoms with Gasteiger partial charge in [-0.25, -0.2) is 8.42 Å². The number of nitrogens with one attached hydrogen (secondary N) is 1. The summed E-state index contributed by atoms with van der Waals surface area (Å²) in [6.07, 6.45) is -1.11. The van der Waals surface area contributed by atoms with Gasteiger partial charge in [-0.2, -0.15) is 0 Å². The summed E-state index contributed by atoms with van der Waals surface area (Å²) < 4.78 is 26.6. The fourth-order valence-electron chi connectivity index (χ4n) is 1.38. The molecule has 0 radical (unpaired) electrons. The lowest BCUT2D eigenvalue weighted by atomic mass is 10.2. The van der Waals surface area contributed by atoms with E-state index in [1.54, 1.807) is 0 Å². The van der Waals surface area contributed by atoms with Gasteiger partial charge in [-0.3, -0.25) is 9.59 Å². The molecule has 0 aromatic carbocycles. The summed E-state index contributed by atoms with van der Waals surface area (Å²) in [5, 5.41) is 11.6. The van der Waals surface area contributed by atoms with Gasteiger partial charge in [0.05, 0.1) is 23.7 Å². The second kappa shape index (κ2) is 4.79. The highest BCUT2D eigenvalue weighted by molar-refractivity contribution is 7.91. The van der Waals surface area contributed by atoms with Crippen LogP contribution in [0.4, 0.5) is 0 Å². The van der Waals surface area contributed by atoms with Crippen molar-refractivity contribution in [3.8, 4) is 0 Å². The van der Waals surface area contributed by atoms with Crippen molar-refractivity contribution in [2.45, 2.75) is 19.1 Å². The summed E-state index contributed by atoms with van der Waals surface area (Å²) in [6, 6.07) is -0.826. The Kier molecular flexibility index (Phi) is 3.87. The predicted octanol–water partition coefficient (Wildman–Crippen LogP) is -2.18. The summed E-state index contributed by atoms with van der Waals surface area (Å²) in [7, 11) is -3.29. The molecule has 0 saturated carbocycles. The molecule has 1 fully saturated rings. The number of aliphatic hydroxyl groups excluding tert-OH is 1. The van der Waals surface area contributed by atoms with Crippen LogP contribution in [0.5, 0.6) is 0 Å². The maximum absolute atomic E-state index is 11.2. The third kappa shape index (κ3) is 3.78. The van der Waals surface area contributed by atoms with Gasteiger partial charge in [0.25, 0.3) is 5.91 Å². The molecule has 92 valence electrons. The Morgan fingerprint density at radius 3 is 2.50 bits per heavy atom. The zero-order chi connectivity index (χ0) is 12.3. The highest BCUT2D eigenvalue weighted by Gasteiger charge is 2.37. The Bertz CT molecular complexity index is 389. The van der Waals surface area contributed by atoms with Gasteiger partial charge in [-0.15, -0.1) is 0 Å². The van der Waals surface area contributed by atoms with Crippen LogP contribution < -0.4 is 5.32 Å². The average Bonchev–Trinajstić information content (AvgIpc) is 2.36. The van der Waals surface area contributed by atoms with Crippen LogP contribution in [0.15, 0.2) is 0 Å². The summed E-state index contributed by atoms with van der Waals surface area (Å²) in [5.74, 6) is -1.88. The third-order valence-electron chi connectivity index (χ3n) is 2.08. The number of hydrogen-bond acceptors (Lipinski definition) is 6. The molecule has 16 heavy (non-hydrogen) atoms. The number of hydrogen-bond donors (Lipinski definition) is 2. The second-order valence-corrected chi connectivity index (χ2v) is 5.75. The van der Waals surface area contributed by atoms with E-state index in [1.807, 2.05) is 0 Å². The molecule has 0 aromatic rings. The number of esters is 1. The summed E-state index contributed by atoms with van der Waals surface area (Å²) >= 11 is 0.